The molecule has 3 heterocycles. The topological polar surface area (TPSA) is 63.1 Å². The van der Waals surface area contributed by atoms with E-state index in [1.165, 1.54) is 12.1 Å². The second-order valence-electron chi connectivity index (χ2n) is 8.61. The van der Waals surface area contributed by atoms with Crippen LogP contribution in [0.2, 0.25) is 0 Å². The van der Waals surface area contributed by atoms with Gasteiger partial charge in [0.15, 0.2) is 5.82 Å². The molecule has 0 bridgehead atoms. The fraction of sp³-hybridized carbons (Fsp3) is 0.476. The van der Waals surface area contributed by atoms with E-state index in [1.54, 1.807) is 24.3 Å². The van der Waals surface area contributed by atoms with Crippen molar-refractivity contribution in [2.75, 3.05) is 46.8 Å². The number of fused-ring (bicyclic) bond motifs is 1. The van der Waals surface area contributed by atoms with Gasteiger partial charge in [0, 0.05) is 56.7 Å². The van der Waals surface area contributed by atoms with Crippen LogP contribution in [0, 0.1) is 11.7 Å². The maximum absolute atomic E-state index is 15.4. The number of nitrogens with zero attached hydrogens (tertiary/aromatic N) is 4. The smallest absolute Gasteiger partial charge is 0.253 e. The van der Waals surface area contributed by atoms with E-state index in [2.05, 4.69) is 4.98 Å². The molecule has 1 saturated heterocycles. The molecule has 1 aliphatic carbocycles. The standard InChI is InChI=1S/C21H25F3N4O2S2/c1-26-20-18(28(31-26)13-15-11-21(15,23)24)6-5-17(25-20)16-4-2-3-14(19(16)22)12-27-7-9-32(29,30)10-8-27/h2-6,15,29-30H,7-13H2,1H3. The number of aromatic nitrogens is 1. The van der Waals surface area contributed by atoms with Crippen LogP contribution in [0.15, 0.2) is 30.3 Å². The van der Waals surface area contributed by atoms with Crippen molar-refractivity contribution in [3.63, 3.8) is 0 Å². The zero-order valence-corrected chi connectivity index (χ0v) is 19.2. The molecule has 2 N–H and O–H groups in total. The van der Waals surface area contributed by atoms with E-state index < -0.39 is 22.4 Å². The summed E-state index contributed by atoms with van der Waals surface area (Å²) in [6.07, 6.45) is -0.0808. The van der Waals surface area contributed by atoms with Crippen LogP contribution in [0.4, 0.5) is 24.7 Å². The van der Waals surface area contributed by atoms with E-state index in [1.807, 2.05) is 26.6 Å². The Balaban J connectivity index is 1.35. The molecule has 5 rings (SSSR count). The van der Waals surface area contributed by atoms with Crippen LogP contribution < -0.4 is 8.61 Å². The minimum Gasteiger partial charge on any atom is -0.299 e. The lowest BCUT2D eigenvalue weighted by Crippen LogP contribution is -2.37. The number of pyridine rings is 1. The molecule has 3 aliphatic rings. The van der Waals surface area contributed by atoms with Gasteiger partial charge >= 0.3 is 0 Å². The molecule has 11 heteroatoms. The van der Waals surface area contributed by atoms with E-state index >= 15 is 4.39 Å². The second-order valence-corrected chi connectivity index (χ2v) is 12.2. The van der Waals surface area contributed by atoms with E-state index in [-0.39, 0.29) is 18.8 Å². The highest BCUT2D eigenvalue weighted by Gasteiger charge is 2.57. The summed E-state index contributed by atoms with van der Waals surface area (Å²) in [5, 5.41) is 0. The fourth-order valence-electron chi connectivity index (χ4n) is 4.11. The van der Waals surface area contributed by atoms with Crippen molar-refractivity contribution in [2.45, 2.75) is 18.9 Å². The predicted molar refractivity (Wildman–Crippen MR) is 124 cm³/mol. The van der Waals surface area contributed by atoms with Crippen LogP contribution in [-0.2, 0) is 6.54 Å². The highest BCUT2D eigenvalue weighted by Crippen LogP contribution is 2.52. The first kappa shape index (κ1) is 22.1. The third-order valence-electron chi connectivity index (χ3n) is 6.20. The number of anilines is 2. The lowest BCUT2D eigenvalue weighted by molar-refractivity contribution is 0.101. The number of hydrogen-bond acceptors (Lipinski definition) is 7. The van der Waals surface area contributed by atoms with Crippen LogP contribution in [0.1, 0.15) is 12.0 Å². The summed E-state index contributed by atoms with van der Waals surface area (Å²) in [6.45, 7) is 1.67. The molecular formula is C21H25F3N4O2S2. The Morgan fingerprint density at radius 1 is 1.19 bits per heavy atom. The van der Waals surface area contributed by atoms with Crippen LogP contribution in [0.5, 0.6) is 0 Å². The molecule has 1 saturated carbocycles. The van der Waals surface area contributed by atoms with Crippen molar-refractivity contribution in [1.29, 1.82) is 0 Å². The second kappa shape index (κ2) is 7.98. The SMILES string of the molecule is CN1SN(CC2CC2(F)F)c2ccc(-c3cccc(CN4CCS(O)(O)CC4)c3F)nc21. The monoisotopic (exact) mass is 486 g/mol. The number of benzene rings is 1. The molecule has 32 heavy (non-hydrogen) atoms. The average molecular weight is 487 g/mol. The van der Waals surface area contributed by atoms with Gasteiger partial charge in [0.05, 0.1) is 35.0 Å². The quantitative estimate of drug-likeness (QED) is 0.581. The predicted octanol–water partition coefficient (Wildman–Crippen LogP) is 4.93. The largest absolute Gasteiger partial charge is 0.299 e. The summed E-state index contributed by atoms with van der Waals surface area (Å²) in [4.78, 5) is 6.67. The molecule has 0 radical (unpaired) electrons. The lowest BCUT2D eigenvalue weighted by atomic mass is 10.1. The van der Waals surface area contributed by atoms with Crippen molar-refractivity contribution < 1.29 is 22.3 Å². The Labute approximate surface area is 191 Å². The minimum atomic E-state index is -2.58. The Morgan fingerprint density at radius 2 is 1.91 bits per heavy atom. The van der Waals surface area contributed by atoms with Gasteiger partial charge in [-0.3, -0.25) is 22.6 Å². The molecule has 1 aromatic heterocycles. The van der Waals surface area contributed by atoms with Crippen LogP contribution in [0.3, 0.4) is 0 Å². The first-order chi connectivity index (χ1) is 15.1. The fourth-order valence-corrected chi connectivity index (χ4v) is 6.40. The molecule has 2 aliphatic heterocycles. The first-order valence-corrected chi connectivity index (χ1v) is 13.1. The number of rotatable bonds is 5. The van der Waals surface area contributed by atoms with E-state index in [9.17, 15) is 17.9 Å². The van der Waals surface area contributed by atoms with Crippen molar-refractivity contribution in [3.05, 3.63) is 41.7 Å². The van der Waals surface area contributed by atoms with Gasteiger partial charge in [-0.1, -0.05) is 12.1 Å². The lowest BCUT2D eigenvalue weighted by Gasteiger charge is -2.41. The van der Waals surface area contributed by atoms with Crippen molar-refractivity contribution in [2.24, 2.45) is 5.92 Å². The van der Waals surface area contributed by atoms with Crippen molar-refractivity contribution in [3.8, 4) is 11.3 Å². The van der Waals surface area contributed by atoms with E-state index in [4.69, 9.17) is 0 Å². The zero-order valence-electron chi connectivity index (χ0n) is 17.5. The summed E-state index contributed by atoms with van der Waals surface area (Å²) in [5.41, 5.74) is 2.16. The number of alkyl halides is 2. The Morgan fingerprint density at radius 3 is 2.59 bits per heavy atom. The zero-order chi connectivity index (χ0) is 22.7. The first-order valence-electron chi connectivity index (χ1n) is 10.4. The molecule has 1 aromatic carbocycles. The maximum Gasteiger partial charge on any atom is 0.253 e. The molecule has 174 valence electrons. The van der Waals surface area contributed by atoms with Crippen molar-refractivity contribution >= 4 is 34.2 Å². The molecule has 6 nitrogen and oxygen atoms in total. The van der Waals surface area contributed by atoms with Gasteiger partial charge in [0.1, 0.15) is 5.82 Å². The third kappa shape index (κ3) is 4.28. The molecule has 0 amide bonds. The summed E-state index contributed by atoms with van der Waals surface area (Å²) in [5.74, 6) is -2.31. The van der Waals surface area contributed by atoms with Gasteiger partial charge in [0.2, 0.25) is 0 Å². The third-order valence-corrected chi connectivity index (χ3v) is 8.84. The molecule has 1 unspecified atom stereocenters. The minimum absolute atomic E-state index is 0.0808. The van der Waals surface area contributed by atoms with Gasteiger partial charge in [-0.25, -0.2) is 18.2 Å². The summed E-state index contributed by atoms with van der Waals surface area (Å²) < 4.78 is 65.3. The number of hydrogen-bond donors (Lipinski definition) is 2. The Kier molecular flexibility index (Phi) is 5.52. The van der Waals surface area contributed by atoms with Gasteiger partial charge in [0.25, 0.3) is 5.92 Å². The van der Waals surface area contributed by atoms with Crippen molar-refractivity contribution in [1.82, 2.24) is 9.88 Å². The Hall–Kier alpha value is -1.66. The highest BCUT2D eigenvalue weighted by atomic mass is 32.3. The van der Waals surface area contributed by atoms with Gasteiger partial charge < -0.3 is 0 Å². The highest BCUT2D eigenvalue weighted by molar-refractivity contribution is 8.24. The molecule has 0 spiro atoms. The van der Waals surface area contributed by atoms with E-state index in [0.717, 1.165) is 5.69 Å². The van der Waals surface area contributed by atoms with E-state index in [0.29, 0.717) is 53.8 Å². The summed E-state index contributed by atoms with van der Waals surface area (Å²) >= 11 is 1.33. The molecular weight excluding hydrogens is 461 g/mol. The van der Waals surface area contributed by atoms with Gasteiger partial charge in [-0.15, -0.1) is 0 Å². The van der Waals surface area contributed by atoms with Crippen LogP contribution >= 0.6 is 22.7 Å². The molecule has 1 atom stereocenters. The maximum atomic E-state index is 15.4. The van der Waals surface area contributed by atoms with Gasteiger partial charge in [-0.2, -0.15) is 10.6 Å². The van der Waals surface area contributed by atoms with Crippen LogP contribution in [0.25, 0.3) is 11.3 Å². The van der Waals surface area contributed by atoms with Gasteiger partial charge in [-0.05, 0) is 18.2 Å². The molecule has 2 fully saturated rings. The number of halogens is 3. The average Bonchev–Trinajstić information content (AvgIpc) is 3.22. The Bertz CT molecular complexity index is 1030. The summed E-state index contributed by atoms with van der Waals surface area (Å²) in [6, 6.07) is 8.76. The normalized spacial score (nSPS) is 25.0. The summed E-state index contributed by atoms with van der Waals surface area (Å²) in [7, 11) is -0.675. The molecule has 2 aromatic rings. The van der Waals surface area contributed by atoms with Crippen LogP contribution in [-0.4, -0.2) is 63.1 Å².